The van der Waals surface area contributed by atoms with Gasteiger partial charge in [0.15, 0.2) is 5.69 Å². The summed E-state index contributed by atoms with van der Waals surface area (Å²) in [5.41, 5.74) is 0.305. The molecule has 1 aromatic rings. The average Bonchev–Trinajstić information content (AvgIpc) is 2.84. The van der Waals surface area contributed by atoms with E-state index in [0.717, 1.165) is 0 Å². The molecule has 0 radical (unpaired) electrons. The Morgan fingerprint density at radius 1 is 1.28 bits per heavy atom. The van der Waals surface area contributed by atoms with E-state index in [0.29, 0.717) is 37.6 Å². The second kappa shape index (κ2) is 5.07. The number of piperazine rings is 1. The minimum Gasteiger partial charge on any atom is -0.453 e. The highest BCUT2D eigenvalue weighted by atomic mass is 16.5. The maximum Gasteiger partial charge on any atom is 0.409 e. The van der Waals surface area contributed by atoms with E-state index in [-0.39, 0.29) is 12.0 Å². The van der Waals surface area contributed by atoms with Gasteiger partial charge < -0.3 is 19.1 Å². The standard InChI is InChI=1S/C11H15N3O4/c1-8-7-9(12-18-8)10(15)13-3-5-14(6-4-13)11(16)17-2/h7H,3-6H2,1-2H3. The first-order chi connectivity index (χ1) is 8.61. The van der Waals surface area contributed by atoms with Crippen molar-refractivity contribution in [1.29, 1.82) is 0 Å². The highest BCUT2D eigenvalue weighted by Crippen LogP contribution is 2.09. The van der Waals surface area contributed by atoms with E-state index in [2.05, 4.69) is 9.89 Å². The van der Waals surface area contributed by atoms with Gasteiger partial charge in [0.05, 0.1) is 7.11 Å². The number of hydrogen-bond donors (Lipinski definition) is 0. The molecule has 18 heavy (non-hydrogen) atoms. The summed E-state index contributed by atoms with van der Waals surface area (Å²) in [6, 6.07) is 1.61. The highest BCUT2D eigenvalue weighted by molar-refractivity contribution is 5.92. The van der Waals surface area contributed by atoms with Crippen molar-refractivity contribution in [1.82, 2.24) is 15.0 Å². The number of methoxy groups -OCH3 is 1. The molecule has 1 aliphatic rings. The average molecular weight is 253 g/mol. The van der Waals surface area contributed by atoms with Gasteiger partial charge in [-0.15, -0.1) is 0 Å². The zero-order valence-electron chi connectivity index (χ0n) is 10.4. The molecule has 0 bridgehead atoms. The maximum absolute atomic E-state index is 12.0. The number of ether oxygens (including phenoxy) is 1. The second-order valence-corrected chi connectivity index (χ2v) is 4.07. The van der Waals surface area contributed by atoms with Gasteiger partial charge in [-0.25, -0.2) is 4.79 Å². The number of aryl methyl sites for hydroxylation is 1. The van der Waals surface area contributed by atoms with Crippen LogP contribution in [0.15, 0.2) is 10.6 Å². The minimum absolute atomic E-state index is 0.170. The van der Waals surface area contributed by atoms with E-state index in [4.69, 9.17) is 4.52 Å². The molecule has 1 aliphatic heterocycles. The van der Waals surface area contributed by atoms with Crippen molar-refractivity contribution in [2.45, 2.75) is 6.92 Å². The Morgan fingerprint density at radius 2 is 1.89 bits per heavy atom. The van der Waals surface area contributed by atoms with Crippen molar-refractivity contribution in [3.8, 4) is 0 Å². The minimum atomic E-state index is -0.362. The summed E-state index contributed by atoms with van der Waals surface area (Å²) in [6.45, 7) is 3.61. The van der Waals surface area contributed by atoms with Crippen LogP contribution in [-0.4, -0.2) is 60.2 Å². The third-order valence-corrected chi connectivity index (χ3v) is 2.85. The van der Waals surface area contributed by atoms with Crippen molar-refractivity contribution >= 4 is 12.0 Å². The monoisotopic (exact) mass is 253 g/mol. The molecule has 0 unspecified atom stereocenters. The van der Waals surface area contributed by atoms with E-state index in [1.165, 1.54) is 7.11 Å². The lowest BCUT2D eigenvalue weighted by Crippen LogP contribution is -2.50. The molecular weight excluding hydrogens is 238 g/mol. The molecule has 0 aliphatic carbocycles. The molecule has 0 aromatic carbocycles. The lowest BCUT2D eigenvalue weighted by atomic mass is 10.3. The maximum atomic E-state index is 12.0. The Hall–Kier alpha value is -2.05. The lowest BCUT2D eigenvalue weighted by Gasteiger charge is -2.33. The van der Waals surface area contributed by atoms with Gasteiger partial charge in [-0.1, -0.05) is 5.16 Å². The van der Waals surface area contributed by atoms with E-state index in [9.17, 15) is 9.59 Å². The number of carbonyl (C=O) groups excluding carboxylic acids is 2. The predicted octanol–water partition coefficient (Wildman–Crippen LogP) is 0.507. The molecule has 2 rings (SSSR count). The van der Waals surface area contributed by atoms with Gasteiger partial charge in [0.1, 0.15) is 5.76 Å². The van der Waals surface area contributed by atoms with Gasteiger partial charge in [-0.2, -0.15) is 0 Å². The summed E-state index contributed by atoms with van der Waals surface area (Å²) in [7, 11) is 1.35. The van der Waals surface area contributed by atoms with Crippen molar-refractivity contribution < 1.29 is 18.8 Å². The van der Waals surface area contributed by atoms with Gasteiger partial charge in [0.25, 0.3) is 5.91 Å². The van der Waals surface area contributed by atoms with E-state index >= 15 is 0 Å². The number of carbonyl (C=O) groups is 2. The summed E-state index contributed by atoms with van der Waals surface area (Å²) in [6.07, 6.45) is -0.362. The third-order valence-electron chi connectivity index (χ3n) is 2.85. The number of amides is 2. The molecule has 7 nitrogen and oxygen atoms in total. The molecular formula is C11H15N3O4. The quantitative estimate of drug-likeness (QED) is 0.728. The van der Waals surface area contributed by atoms with E-state index in [1.807, 2.05) is 0 Å². The second-order valence-electron chi connectivity index (χ2n) is 4.07. The van der Waals surface area contributed by atoms with Gasteiger partial charge in [-0.3, -0.25) is 4.79 Å². The number of aromatic nitrogens is 1. The predicted molar refractivity (Wildman–Crippen MR) is 61.1 cm³/mol. The number of hydrogen-bond acceptors (Lipinski definition) is 5. The van der Waals surface area contributed by atoms with Crippen molar-refractivity contribution in [3.63, 3.8) is 0 Å². The number of rotatable bonds is 1. The van der Waals surface area contributed by atoms with Crippen LogP contribution in [0.3, 0.4) is 0 Å². The van der Waals surface area contributed by atoms with Gasteiger partial charge in [0.2, 0.25) is 0 Å². The molecule has 0 saturated carbocycles. The third kappa shape index (κ3) is 2.44. The van der Waals surface area contributed by atoms with Crippen LogP contribution >= 0.6 is 0 Å². The van der Waals surface area contributed by atoms with Crippen molar-refractivity contribution in [2.24, 2.45) is 0 Å². The van der Waals surface area contributed by atoms with Crippen molar-refractivity contribution in [2.75, 3.05) is 33.3 Å². The molecule has 1 fully saturated rings. The molecule has 1 aromatic heterocycles. The number of nitrogens with zero attached hydrogens (tertiary/aromatic N) is 3. The molecule has 98 valence electrons. The van der Waals surface area contributed by atoms with Crippen LogP contribution in [0.2, 0.25) is 0 Å². The largest absolute Gasteiger partial charge is 0.453 e. The van der Waals surface area contributed by atoms with E-state index < -0.39 is 0 Å². The molecule has 2 amide bonds. The van der Waals surface area contributed by atoms with Gasteiger partial charge >= 0.3 is 6.09 Å². The molecule has 0 atom stereocenters. The molecule has 1 saturated heterocycles. The summed E-state index contributed by atoms with van der Waals surface area (Å²) in [5, 5.41) is 3.69. The Morgan fingerprint density at radius 3 is 2.39 bits per heavy atom. The summed E-state index contributed by atoms with van der Waals surface area (Å²) >= 11 is 0. The molecule has 0 spiro atoms. The SMILES string of the molecule is COC(=O)N1CCN(C(=O)c2cc(C)on2)CC1. The van der Waals surface area contributed by atoms with E-state index in [1.54, 1.807) is 22.8 Å². The fourth-order valence-electron chi connectivity index (χ4n) is 1.85. The van der Waals surface area contributed by atoms with Crippen LogP contribution in [0.5, 0.6) is 0 Å². The van der Waals surface area contributed by atoms with Crippen LogP contribution in [-0.2, 0) is 4.74 Å². The zero-order valence-corrected chi connectivity index (χ0v) is 10.4. The van der Waals surface area contributed by atoms with Crippen LogP contribution in [0.25, 0.3) is 0 Å². The molecule has 2 heterocycles. The van der Waals surface area contributed by atoms with Crippen molar-refractivity contribution in [3.05, 3.63) is 17.5 Å². The fourth-order valence-corrected chi connectivity index (χ4v) is 1.85. The first kappa shape index (κ1) is 12.4. The van der Waals surface area contributed by atoms with Gasteiger partial charge in [-0.05, 0) is 6.92 Å². The first-order valence-electron chi connectivity index (χ1n) is 5.67. The summed E-state index contributed by atoms with van der Waals surface area (Å²) in [5.74, 6) is 0.433. The zero-order chi connectivity index (χ0) is 13.1. The Kier molecular flexibility index (Phi) is 3.50. The topological polar surface area (TPSA) is 75.9 Å². The first-order valence-corrected chi connectivity index (χ1v) is 5.67. The summed E-state index contributed by atoms with van der Waals surface area (Å²) in [4.78, 5) is 26.5. The fraction of sp³-hybridized carbons (Fsp3) is 0.545. The summed E-state index contributed by atoms with van der Waals surface area (Å²) < 4.78 is 9.50. The Labute approximate surface area is 104 Å². The normalized spacial score (nSPS) is 15.7. The highest BCUT2D eigenvalue weighted by Gasteiger charge is 2.26. The van der Waals surface area contributed by atoms with Crippen LogP contribution in [0.1, 0.15) is 16.2 Å². The Balaban J connectivity index is 1.94. The molecule has 7 heteroatoms. The molecule has 0 N–H and O–H groups in total. The van der Waals surface area contributed by atoms with Crippen LogP contribution < -0.4 is 0 Å². The van der Waals surface area contributed by atoms with Gasteiger partial charge in [0, 0.05) is 32.2 Å². The van der Waals surface area contributed by atoms with Crippen LogP contribution in [0.4, 0.5) is 4.79 Å². The lowest BCUT2D eigenvalue weighted by molar-refractivity contribution is 0.0591. The smallest absolute Gasteiger partial charge is 0.409 e. The van der Waals surface area contributed by atoms with Crippen LogP contribution in [0, 0.1) is 6.92 Å². The Bertz CT molecular complexity index is 449.